The lowest BCUT2D eigenvalue weighted by atomic mass is 10.1. The second kappa shape index (κ2) is 5.89. The van der Waals surface area contributed by atoms with Gasteiger partial charge in [0.1, 0.15) is 0 Å². The van der Waals surface area contributed by atoms with E-state index in [0.29, 0.717) is 5.02 Å². The van der Waals surface area contributed by atoms with Crippen molar-refractivity contribution in [2.24, 2.45) is 0 Å². The molecule has 1 atom stereocenters. The number of halogens is 1. The van der Waals surface area contributed by atoms with E-state index in [4.69, 9.17) is 11.6 Å². The van der Waals surface area contributed by atoms with Crippen molar-refractivity contribution < 1.29 is 5.11 Å². The summed E-state index contributed by atoms with van der Waals surface area (Å²) in [5.41, 5.74) is 3.23. The van der Waals surface area contributed by atoms with E-state index in [1.807, 2.05) is 55.5 Å². The summed E-state index contributed by atoms with van der Waals surface area (Å²) in [5, 5.41) is 13.5. The SMILES string of the molecule is Cc1ccc(NC(CO)c2ccc(Cl)cc2)cc1. The van der Waals surface area contributed by atoms with Crippen LogP contribution in [0.25, 0.3) is 0 Å². The number of anilines is 1. The Kier molecular flexibility index (Phi) is 4.24. The van der Waals surface area contributed by atoms with Gasteiger partial charge in [0.05, 0.1) is 12.6 Å². The summed E-state index contributed by atoms with van der Waals surface area (Å²) in [6.07, 6.45) is 0. The molecule has 0 aliphatic carbocycles. The molecular formula is C15H16ClNO. The van der Waals surface area contributed by atoms with Crippen LogP contribution in [0, 0.1) is 6.92 Å². The monoisotopic (exact) mass is 261 g/mol. The maximum absolute atomic E-state index is 9.47. The van der Waals surface area contributed by atoms with Gasteiger partial charge >= 0.3 is 0 Å². The molecular weight excluding hydrogens is 246 g/mol. The van der Waals surface area contributed by atoms with Crippen LogP contribution in [0.5, 0.6) is 0 Å². The Morgan fingerprint density at radius 2 is 1.67 bits per heavy atom. The standard InChI is InChI=1S/C15H16ClNO/c1-11-2-8-14(9-3-11)17-15(10-18)12-4-6-13(16)7-5-12/h2-9,15,17-18H,10H2,1H3. The molecule has 2 aromatic rings. The number of hydrogen-bond donors (Lipinski definition) is 2. The zero-order chi connectivity index (χ0) is 13.0. The molecule has 94 valence electrons. The molecule has 2 N–H and O–H groups in total. The van der Waals surface area contributed by atoms with E-state index >= 15 is 0 Å². The van der Waals surface area contributed by atoms with E-state index in [1.54, 1.807) is 0 Å². The molecule has 0 saturated carbocycles. The van der Waals surface area contributed by atoms with Crippen LogP contribution in [0.4, 0.5) is 5.69 Å². The summed E-state index contributed by atoms with van der Waals surface area (Å²) in [6.45, 7) is 2.09. The van der Waals surface area contributed by atoms with Gasteiger partial charge in [0.25, 0.3) is 0 Å². The molecule has 2 rings (SSSR count). The molecule has 0 amide bonds. The molecule has 2 aromatic carbocycles. The minimum Gasteiger partial charge on any atom is -0.394 e. The molecule has 3 heteroatoms. The quantitative estimate of drug-likeness (QED) is 0.878. The van der Waals surface area contributed by atoms with E-state index < -0.39 is 0 Å². The van der Waals surface area contributed by atoms with Gasteiger partial charge in [0.15, 0.2) is 0 Å². The Morgan fingerprint density at radius 3 is 2.22 bits per heavy atom. The average Bonchev–Trinajstić information content (AvgIpc) is 2.39. The lowest BCUT2D eigenvalue weighted by Gasteiger charge is -2.18. The first-order chi connectivity index (χ1) is 8.69. The Balaban J connectivity index is 2.14. The summed E-state index contributed by atoms with van der Waals surface area (Å²) in [4.78, 5) is 0. The highest BCUT2D eigenvalue weighted by Crippen LogP contribution is 2.21. The number of nitrogens with one attached hydrogen (secondary N) is 1. The van der Waals surface area contributed by atoms with Crippen molar-refractivity contribution in [3.8, 4) is 0 Å². The van der Waals surface area contributed by atoms with Crippen molar-refractivity contribution in [2.45, 2.75) is 13.0 Å². The lowest BCUT2D eigenvalue weighted by molar-refractivity contribution is 0.276. The Bertz CT molecular complexity index is 493. The van der Waals surface area contributed by atoms with Crippen molar-refractivity contribution >= 4 is 17.3 Å². The highest BCUT2D eigenvalue weighted by atomic mass is 35.5. The average molecular weight is 262 g/mol. The fraction of sp³-hybridized carbons (Fsp3) is 0.200. The normalized spacial score (nSPS) is 12.2. The molecule has 1 unspecified atom stereocenters. The third-order valence-electron chi connectivity index (χ3n) is 2.85. The second-order valence-corrected chi connectivity index (χ2v) is 4.73. The molecule has 0 aromatic heterocycles. The highest BCUT2D eigenvalue weighted by Gasteiger charge is 2.09. The molecule has 0 fully saturated rings. The molecule has 0 heterocycles. The van der Waals surface area contributed by atoms with E-state index in [1.165, 1.54) is 5.56 Å². The predicted molar refractivity (Wildman–Crippen MR) is 76.1 cm³/mol. The number of rotatable bonds is 4. The molecule has 0 bridgehead atoms. The summed E-state index contributed by atoms with van der Waals surface area (Å²) in [6, 6.07) is 15.5. The Hall–Kier alpha value is -1.51. The van der Waals surface area contributed by atoms with Gasteiger partial charge < -0.3 is 10.4 Å². The van der Waals surface area contributed by atoms with Crippen LogP contribution >= 0.6 is 11.6 Å². The molecule has 0 aliphatic rings. The zero-order valence-corrected chi connectivity index (χ0v) is 11.0. The largest absolute Gasteiger partial charge is 0.394 e. The van der Waals surface area contributed by atoms with E-state index in [2.05, 4.69) is 5.32 Å². The van der Waals surface area contributed by atoms with Gasteiger partial charge in [-0.1, -0.05) is 41.4 Å². The van der Waals surface area contributed by atoms with Crippen LogP contribution in [0.1, 0.15) is 17.2 Å². The number of aliphatic hydroxyl groups is 1. The van der Waals surface area contributed by atoms with Crippen LogP contribution in [0.2, 0.25) is 5.02 Å². The van der Waals surface area contributed by atoms with E-state index in [0.717, 1.165) is 11.3 Å². The smallest absolute Gasteiger partial charge is 0.0745 e. The topological polar surface area (TPSA) is 32.3 Å². The van der Waals surface area contributed by atoms with Crippen molar-refractivity contribution in [1.82, 2.24) is 0 Å². The third kappa shape index (κ3) is 3.25. The fourth-order valence-electron chi connectivity index (χ4n) is 1.78. The van der Waals surface area contributed by atoms with Crippen molar-refractivity contribution in [1.29, 1.82) is 0 Å². The lowest BCUT2D eigenvalue weighted by Crippen LogP contribution is -2.14. The number of hydrogen-bond acceptors (Lipinski definition) is 2. The first kappa shape index (κ1) is 12.9. The van der Waals surface area contributed by atoms with E-state index in [9.17, 15) is 5.11 Å². The Morgan fingerprint density at radius 1 is 1.06 bits per heavy atom. The molecule has 0 radical (unpaired) electrons. The number of aliphatic hydroxyl groups excluding tert-OH is 1. The Labute approximate surface area is 112 Å². The van der Waals surface area contributed by atoms with E-state index in [-0.39, 0.29) is 12.6 Å². The highest BCUT2D eigenvalue weighted by molar-refractivity contribution is 6.30. The van der Waals surface area contributed by atoms with Crippen LogP contribution < -0.4 is 5.32 Å². The predicted octanol–water partition coefficient (Wildman–Crippen LogP) is 3.79. The van der Waals surface area contributed by atoms with Gasteiger partial charge in [-0.3, -0.25) is 0 Å². The summed E-state index contributed by atoms with van der Waals surface area (Å²) in [7, 11) is 0. The molecule has 18 heavy (non-hydrogen) atoms. The van der Waals surface area contributed by atoms with Gasteiger partial charge in [-0.2, -0.15) is 0 Å². The first-order valence-corrected chi connectivity index (χ1v) is 6.26. The van der Waals surface area contributed by atoms with Gasteiger partial charge in [0, 0.05) is 10.7 Å². The third-order valence-corrected chi connectivity index (χ3v) is 3.10. The van der Waals surface area contributed by atoms with Crippen LogP contribution in [-0.4, -0.2) is 11.7 Å². The second-order valence-electron chi connectivity index (χ2n) is 4.30. The molecule has 2 nitrogen and oxygen atoms in total. The minimum absolute atomic E-state index is 0.0372. The van der Waals surface area contributed by atoms with Crippen molar-refractivity contribution in [2.75, 3.05) is 11.9 Å². The number of aryl methyl sites for hydroxylation is 1. The van der Waals surface area contributed by atoms with Crippen LogP contribution in [0.15, 0.2) is 48.5 Å². The molecule has 0 saturated heterocycles. The molecule has 0 aliphatic heterocycles. The fourth-order valence-corrected chi connectivity index (χ4v) is 1.91. The maximum atomic E-state index is 9.47. The maximum Gasteiger partial charge on any atom is 0.0745 e. The summed E-state index contributed by atoms with van der Waals surface area (Å²) >= 11 is 5.85. The minimum atomic E-state index is -0.120. The molecule has 0 spiro atoms. The van der Waals surface area contributed by atoms with Crippen LogP contribution in [-0.2, 0) is 0 Å². The van der Waals surface area contributed by atoms with Crippen LogP contribution in [0.3, 0.4) is 0 Å². The van der Waals surface area contributed by atoms with Gasteiger partial charge in [0.2, 0.25) is 0 Å². The summed E-state index contributed by atoms with van der Waals surface area (Å²) in [5.74, 6) is 0. The number of benzene rings is 2. The van der Waals surface area contributed by atoms with Gasteiger partial charge in [-0.25, -0.2) is 0 Å². The van der Waals surface area contributed by atoms with Gasteiger partial charge in [-0.15, -0.1) is 0 Å². The van der Waals surface area contributed by atoms with Crippen molar-refractivity contribution in [3.05, 3.63) is 64.7 Å². The summed E-state index contributed by atoms with van der Waals surface area (Å²) < 4.78 is 0. The first-order valence-electron chi connectivity index (χ1n) is 5.88. The van der Waals surface area contributed by atoms with Gasteiger partial charge in [-0.05, 0) is 36.8 Å². The van der Waals surface area contributed by atoms with Crippen molar-refractivity contribution in [3.63, 3.8) is 0 Å². The zero-order valence-electron chi connectivity index (χ0n) is 10.2.